The monoisotopic (exact) mass is 984 g/mol. The number of allylic oxidation sites excluding steroid dienone is 1. The SMILES string of the molecule is C/C(=C(\N=C(c1ccc(-c2ccccccc3ccccc3c2-c2ccc3ccccccc(-c4ccccc4)c(-c4ccccc4)c3c2)cc1)c1ccccc1C)c1ccccc1)c1ccccc1.C=C.CC.CC. The van der Waals surface area contributed by atoms with Crippen molar-refractivity contribution in [2.75, 3.05) is 0 Å². The van der Waals surface area contributed by atoms with Crippen molar-refractivity contribution in [3.63, 3.8) is 0 Å². The number of fused-ring (bicyclic) bond motifs is 2. The molecule has 10 aromatic carbocycles. The van der Waals surface area contributed by atoms with E-state index in [0.717, 1.165) is 105 Å². The van der Waals surface area contributed by atoms with Gasteiger partial charge in [0.15, 0.2) is 0 Å². The van der Waals surface area contributed by atoms with E-state index < -0.39 is 0 Å². The molecule has 10 aromatic rings. The molecule has 0 radical (unpaired) electrons. The number of aliphatic imine (C=N–C) groups is 1. The smallest absolute Gasteiger partial charge is 0.0784 e. The standard InChI is InChI=1S/C69H53N.2C2H6.C2H4/c1-50-27-23-25-39-61(50)69(70-68(58-37-19-10-20-38-58)51(2)52-28-13-7-14-29-52)59-46-43-56(44-47-59)64-41-22-5-3-11-30-54-34-24-26-42-63(54)67(64)60-48-45-55-33-12-4-6-21-40-62(53-31-15-8-16-32-53)66(65(55)49-60)57-35-17-9-18-36-57;3*1-2/h3-49H,1-2H3;2*1-2H3;1-2H2/b5-3?,6-4?,11-3?,12-4?,21-6?,22-5?,30-11?,33-12?,40-21?,41-22?,54-30?,55-33?,62-40?,64-41?,66-62?,66-65?,67-63?,67-64?,68-51+,70-69?;;;. The lowest BCUT2D eigenvalue weighted by molar-refractivity contribution is 1.40. The second-order valence-electron chi connectivity index (χ2n) is 17.5. The number of benzene rings is 8. The molecule has 1 nitrogen and oxygen atoms in total. The highest BCUT2D eigenvalue weighted by Gasteiger charge is 2.18. The third-order valence-corrected chi connectivity index (χ3v) is 13.0. The number of hydrogen-bond donors (Lipinski definition) is 0. The summed E-state index contributed by atoms with van der Waals surface area (Å²) in [5.74, 6) is 0. The maximum Gasteiger partial charge on any atom is 0.0784 e. The molecule has 0 saturated carbocycles. The summed E-state index contributed by atoms with van der Waals surface area (Å²) >= 11 is 0. The van der Waals surface area contributed by atoms with Gasteiger partial charge in [0, 0.05) is 16.7 Å². The van der Waals surface area contributed by atoms with Gasteiger partial charge in [-0.1, -0.05) is 307 Å². The van der Waals surface area contributed by atoms with Gasteiger partial charge < -0.3 is 0 Å². The Bertz CT molecular complexity index is 3650. The van der Waals surface area contributed by atoms with E-state index in [9.17, 15) is 0 Å². The van der Waals surface area contributed by atoms with Crippen molar-refractivity contribution in [1.82, 2.24) is 0 Å². The molecule has 0 unspecified atom stereocenters. The van der Waals surface area contributed by atoms with Crippen LogP contribution in [0.4, 0.5) is 0 Å². The van der Waals surface area contributed by atoms with Gasteiger partial charge in [0.1, 0.15) is 0 Å². The fourth-order valence-corrected chi connectivity index (χ4v) is 9.43. The molecule has 0 aliphatic carbocycles. The summed E-state index contributed by atoms with van der Waals surface area (Å²) in [5, 5.41) is 4.59. The van der Waals surface area contributed by atoms with Crippen molar-refractivity contribution in [3.8, 4) is 44.5 Å². The fraction of sp³-hybridized carbons (Fsp3) is 0.0800. The van der Waals surface area contributed by atoms with Crippen molar-refractivity contribution in [1.29, 1.82) is 0 Å². The second kappa shape index (κ2) is 28.3. The van der Waals surface area contributed by atoms with Crippen molar-refractivity contribution >= 4 is 38.5 Å². The molecule has 0 atom stereocenters. The minimum Gasteiger partial charge on any atom is -0.247 e. The average molecular weight is 984 g/mol. The first-order valence-corrected chi connectivity index (χ1v) is 26.5. The zero-order valence-corrected chi connectivity index (χ0v) is 45.0. The minimum absolute atomic E-state index is 0.924. The molecule has 1 heteroatoms. The van der Waals surface area contributed by atoms with Crippen LogP contribution >= 0.6 is 0 Å². The van der Waals surface area contributed by atoms with Crippen LogP contribution in [0.25, 0.3) is 77.3 Å². The van der Waals surface area contributed by atoms with Gasteiger partial charge >= 0.3 is 0 Å². The van der Waals surface area contributed by atoms with E-state index in [1.807, 2.05) is 27.7 Å². The molecule has 0 N–H and O–H groups in total. The first-order chi connectivity index (χ1) is 37.6. The van der Waals surface area contributed by atoms with Gasteiger partial charge in [-0.3, -0.25) is 0 Å². The van der Waals surface area contributed by atoms with Crippen molar-refractivity contribution in [3.05, 3.63) is 326 Å². The van der Waals surface area contributed by atoms with E-state index in [2.05, 4.69) is 312 Å². The van der Waals surface area contributed by atoms with E-state index in [-0.39, 0.29) is 0 Å². The zero-order valence-electron chi connectivity index (χ0n) is 45.0. The molecule has 76 heavy (non-hydrogen) atoms. The van der Waals surface area contributed by atoms with Crippen LogP contribution in [0.5, 0.6) is 0 Å². The third kappa shape index (κ3) is 13.1. The molecule has 0 heterocycles. The maximum absolute atomic E-state index is 5.67. The summed E-state index contributed by atoms with van der Waals surface area (Å²) in [4.78, 5) is 5.67. The van der Waals surface area contributed by atoms with Crippen LogP contribution in [0.1, 0.15) is 62.4 Å². The highest BCUT2D eigenvalue weighted by molar-refractivity contribution is 6.17. The summed E-state index contributed by atoms with van der Waals surface area (Å²) < 4.78 is 0. The maximum atomic E-state index is 5.67. The molecule has 0 saturated heterocycles. The van der Waals surface area contributed by atoms with Gasteiger partial charge in [-0.25, -0.2) is 4.99 Å². The quantitative estimate of drug-likeness (QED) is 0.0776. The number of nitrogens with zero attached hydrogens (tertiary/aromatic N) is 1. The molecular weight excluding hydrogens is 915 g/mol. The highest BCUT2D eigenvalue weighted by atomic mass is 14.8. The molecule has 0 aliphatic rings. The van der Waals surface area contributed by atoms with Crippen molar-refractivity contribution in [2.24, 2.45) is 4.99 Å². The summed E-state index contributed by atoms with van der Waals surface area (Å²) in [6, 6.07) is 102. The molecular formula is C75H69N. The van der Waals surface area contributed by atoms with E-state index in [0.29, 0.717) is 0 Å². The fourth-order valence-electron chi connectivity index (χ4n) is 9.43. The zero-order chi connectivity index (χ0) is 53.5. The van der Waals surface area contributed by atoms with Gasteiger partial charge in [0.2, 0.25) is 0 Å². The number of rotatable bonds is 9. The average Bonchev–Trinajstić information content (AvgIpc) is 3.51. The Morgan fingerprint density at radius 1 is 0.329 bits per heavy atom. The van der Waals surface area contributed by atoms with Gasteiger partial charge in [-0.05, 0) is 103 Å². The Labute approximate surface area is 453 Å². The Kier molecular flexibility index (Phi) is 20.4. The number of hydrogen-bond acceptors (Lipinski definition) is 1. The van der Waals surface area contributed by atoms with Crippen LogP contribution in [0.2, 0.25) is 0 Å². The Hall–Kier alpha value is -9.17. The summed E-state index contributed by atoms with van der Waals surface area (Å²) in [7, 11) is 0. The lowest BCUT2D eigenvalue weighted by Crippen LogP contribution is -2.07. The summed E-state index contributed by atoms with van der Waals surface area (Å²) in [6.07, 6.45) is 0. The molecule has 0 aliphatic heterocycles. The van der Waals surface area contributed by atoms with Gasteiger partial charge in [-0.2, -0.15) is 0 Å². The highest BCUT2D eigenvalue weighted by Crippen LogP contribution is 2.42. The predicted molar refractivity (Wildman–Crippen MR) is 335 cm³/mol. The van der Waals surface area contributed by atoms with E-state index >= 15 is 0 Å². The van der Waals surface area contributed by atoms with E-state index in [1.165, 1.54) is 5.56 Å². The minimum atomic E-state index is 0.924. The van der Waals surface area contributed by atoms with Gasteiger partial charge in [0.25, 0.3) is 0 Å². The van der Waals surface area contributed by atoms with E-state index in [1.54, 1.807) is 0 Å². The van der Waals surface area contributed by atoms with Crippen LogP contribution in [-0.4, -0.2) is 5.71 Å². The number of aryl methyl sites for hydroxylation is 1. The summed E-state index contributed by atoms with van der Waals surface area (Å²) in [6.45, 7) is 18.4. The summed E-state index contributed by atoms with van der Waals surface area (Å²) in [5.41, 5.74) is 17.6. The molecule has 374 valence electrons. The van der Waals surface area contributed by atoms with Crippen LogP contribution in [0, 0.1) is 6.92 Å². The van der Waals surface area contributed by atoms with E-state index in [4.69, 9.17) is 4.99 Å². The largest absolute Gasteiger partial charge is 0.247 e. The second-order valence-corrected chi connectivity index (χ2v) is 17.5. The lowest BCUT2D eigenvalue weighted by atomic mass is 9.87. The Morgan fingerprint density at radius 3 is 1.29 bits per heavy atom. The Morgan fingerprint density at radius 2 is 0.724 bits per heavy atom. The molecule has 10 rings (SSSR count). The first kappa shape index (κ1) is 54.6. The third-order valence-electron chi connectivity index (χ3n) is 13.0. The van der Waals surface area contributed by atoms with Crippen LogP contribution in [0.15, 0.2) is 303 Å². The first-order valence-electron chi connectivity index (χ1n) is 26.5. The Balaban J connectivity index is 0.00000135. The lowest BCUT2D eigenvalue weighted by Gasteiger charge is -2.17. The van der Waals surface area contributed by atoms with Gasteiger partial charge in [-0.15, -0.1) is 13.2 Å². The van der Waals surface area contributed by atoms with Crippen molar-refractivity contribution in [2.45, 2.75) is 41.5 Å². The van der Waals surface area contributed by atoms with Crippen molar-refractivity contribution < 1.29 is 0 Å². The molecule has 0 bridgehead atoms. The van der Waals surface area contributed by atoms with Crippen LogP contribution < -0.4 is 0 Å². The van der Waals surface area contributed by atoms with Gasteiger partial charge in [0.05, 0.1) is 11.4 Å². The molecule has 0 amide bonds. The van der Waals surface area contributed by atoms with Crippen LogP contribution in [0.3, 0.4) is 0 Å². The molecule has 0 spiro atoms. The van der Waals surface area contributed by atoms with Crippen LogP contribution in [-0.2, 0) is 0 Å². The normalized spacial score (nSPS) is 10.9. The topological polar surface area (TPSA) is 12.4 Å². The molecule has 0 aromatic heterocycles. The predicted octanol–water partition coefficient (Wildman–Crippen LogP) is 21.5. The molecule has 0 fully saturated rings.